The molecule has 4 nitrogen and oxygen atoms in total. The number of rotatable bonds is 7. The molecule has 2 aromatic rings. The van der Waals surface area contributed by atoms with Crippen LogP contribution in [0.2, 0.25) is 10.0 Å². The maximum Gasteiger partial charge on any atom is 0.222 e. The molecule has 1 aliphatic rings. The van der Waals surface area contributed by atoms with E-state index in [0.29, 0.717) is 35.4 Å². The van der Waals surface area contributed by atoms with Crippen molar-refractivity contribution in [3.8, 4) is 17.6 Å². The largest absolute Gasteiger partial charge is 0.489 e. The highest BCUT2D eigenvalue weighted by molar-refractivity contribution is 6.63. The molecule has 0 aromatic heterocycles. The molecule has 1 fully saturated rings. The van der Waals surface area contributed by atoms with Gasteiger partial charge in [-0.25, -0.2) is 0 Å². The van der Waals surface area contributed by atoms with Gasteiger partial charge in [-0.15, -0.1) is 5.92 Å². The fourth-order valence-corrected chi connectivity index (χ4v) is 3.93. The molecule has 158 valence electrons. The highest BCUT2D eigenvalue weighted by Crippen LogP contribution is 2.29. The monoisotopic (exact) mass is 465 g/mol. The van der Waals surface area contributed by atoms with Gasteiger partial charge in [0.1, 0.15) is 12.4 Å². The van der Waals surface area contributed by atoms with Gasteiger partial charge in [0.2, 0.25) is 5.24 Å². The van der Waals surface area contributed by atoms with Crippen molar-refractivity contribution in [1.29, 1.82) is 0 Å². The lowest BCUT2D eigenvalue weighted by atomic mass is 10.1. The number of carbonyl (C=O) groups is 1. The third-order valence-electron chi connectivity index (χ3n) is 4.82. The minimum Gasteiger partial charge on any atom is -0.489 e. The summed E-state index contributed by atoms with van der Waals surface area (Å²) in [5.74, 6) is 6.49. The van der Waals surface area contributed by atoms with E-state index in [1.807, 2.05) is 24.3 Å². The van der Waals surface area contributed by atoms with Gasteiger partial charge in [0.25, 0.3) is 0 Å². The van der Waals surface area contributed by atoms with E-state index in [-0.39, 0.29) is 18.0 Å². The molecule has 2 aromatic carbocycles. The minimum absolute atomic E-state index is 0.0469. The van der Waals surface area contributed by atoms with Crippen LogP contribution in [0.1, 0.15) is 36.1 Å². The van der Waals surface area contributed by atoms with Gasteiger partial charge in [0.05, 0.1) is 12.7 Å². The summed E-state index contributed by atoms with van der Waals surface area (Å²) in [7, 11) is 0. The van der Waals surface area contributed by atoms with Gasteiger partial charge in [-0.3, -0.25) is 9.69 Å². The van der Waals surface area contributed by atoms with Gasteiger partial charge in [-0.2, -0.15) is 0 Å². The van der Waals surface area contributed by atoms with Crippen LogP contribution in [0.4, 0.5) is 0 Å². The molecule has 0 bridgehead atoms. The van der Waals surface area contributed by atoms with Crippen molar-refractivity contribution in [2.45, 2.75) is 26.1 Å². The Morgan fingerprint density at radius 2 is 1.93 bits per heavy atom. The second-order valence-electron chi connectivity index (χ2n) is 6.92. The lowest BCUT2D eigenvalue weighted by Gasteiger charge is -2.32. The minimum atomic E-state index is -0.312. The zero-order valence-corrected chi connectivity index (χ0v) is 18.9. The number of hydrogen-bond donors (Lipinski definition) is 0. The van der Waals surface area contributed by atoms with Crippen LogP contribution in [0.15, 0.2) is 36.4 Å². The summed E-state index contributed by atoms with van der Waals surface area (Å²) in [6.07, 6.45) is 0.298. The highest BCUT2D eigenvalue weighted by atomic mass is 35.5. The van der Waals surface area contributed by atoms with Gasteiger partial charge in [0.15, 0.2) is 0 Å². The molecular formula is C23H22Cl3NO3. The van der Waals surface area contributed by atoms with Crippen LogP contribution in [0, 0.1) is 11.8 Å². The van der Waals surface area contributed by atoms with Crippen LogP contribution in [0.5, 0.6) is 5.75 Å². The average molecular weight is 467 g/mol. The van der Waals surface area contributed by atoms with Crippen molar-refractivity contribution in [1.82, 2.24) is 4.90 Å². The zero-order chi connectivity index (χ0) is 21.5. The summed E-state index contributed by atoms with van der Waals surface area (Å²) in [6.45, 7) is 4.81. The number of nitrogens with zero attached hydrogens (tertiary/aromatic N) is 1. The fourth-order valence-electron chi connectivity index (χ4n) is 3.24. The van der Waals surface area contributed by atoms with Crippen molar-refractivity contribution in [3.05, 3.63) is 63.1 Å². The van der Waals surface area contributed by atoms with Crippen molar-refractivity contribution < 1.29 is 14.3 Å². The molecule has 0 aliphatic carbocycles. The third-order valence-corrected chi connectivity index (χ3v) is 5.68. The number of morpholine rings is 1. The summed E-state index contributed by atoms with van der Waals surface area (Å²) < 4.78 is 11.8. The van der Waals surface area contributed by atoms with Crippen LogP contribution in [-0.2, 0) is 16.1 Å². The molecule has 1 saturated heterocycles. The van der Waals surface area contributed by atoms with E-state index in [0.717, 1.165) is 29.8 Å². The quantitative estimate of drug-likeness (QED) is 0.400. The Bertz CT molecular complexity index is 927. The molecule has 3 rings (SSSR count). The van der Waals surface area contributed by atoms with Crippen molar-refractivity contribution >= 4 is 40.0 Å². The van der Waals surface area contributed by atoms with Crippen LogP contribution in [0.3, 0.4) is 0 Å². The smallest absolute Gasteiger partial charge is 0.222 e. The number of benzene rings is 2. The summed E-state index contributed by atoms with van der Waals surface area (Å²) in [6, 6.07) is 11.3. The van der Waals surface area contributed by atoms with Gasteiger partial charge in [0, 0.05) is 47.2 Å². The Morgan fingerprint density at radius 1 is 1.23 bits per heavy atom. The van der Waals surface area contributed by atoms with Crippen LogP contribution >= 0.6 is 34.8 Å². The number of hydrogen-bond acceptors (Lipinski definition) is 4. The topological polar surface area (TPSA) is 38.8 Å². The lowest BCUT2D eigenvalue weighted by Crippen LogP contribution is -2.39. The number of ether oxygens (including phenoxy) is 2. The Morgan fingerprint density at radius 3 is 2.57 bits per heavy atom. The Balaban J connectivity index is 1.60. The van der Waals surface area contributed by atoms with E-state index in [1.54, 1.807) is 19.1 Å². The summed E-state index contributed by atoms with van der Waals surface area (Å²) in [5, 5.41) is 0.749. The van der Waals surface area contributed by atoms with Crippen LogP contribution < -0.4 is 4.74 Å². The van der Waals surface area contributed by atoms with E-state index >= 15 is 0 Å². The second-order valence-corrected chi connectivity index (χ2v) is 8.15. The first-order valence-corrected chi connectivity index (χ1v) is 10.8. The summed E-state index contributed by atoms with van der Waals surface area (Å²) in [4.78, 5) is 13.2. The van der Waals surface area contributed by atoms with E-state index in [2.05, 4.69) is 16.7 Å². The molecular weight excluding hydrogens is 445 g/mol. The molecule has 1 unspecified atom stereocenters. The number of halogens is 3. The first-order valence-electron chi connectivity index (χ1n) is 9.62. The standard InChI is InChI=1S/C23H22Cl3NO3/c1-2-3-16-12-20(24)19(21(25)13-16)15-30-18-6-4-17(5-7-18)22-14-27(10-11-29-22)9-8-23(26)28/h4-7,12-13,22H,8-11,14-15H2,1H3. The molecule has 30 heavy (non-hydrogen) atoms. The van der Waals surface area contributed by atoms with Crippen molar-refractivity contribution in [3.63, 3.8) is 0 Å². The maximum atomic E-state index is 11.0. The van der Waals surface area contributed by atoms with Crippen molar-refractivity contribution in [2.75, 3.05) is 26.2 Å². The molecule has 0 N–H and O–H groups in total. The SMILES string of the molecule is CC#Cc1cc(Cl)c(COc2ccc(C3CN(CCC(=O)Cl)CCO3)cc2)c(Cl)c1. The predicted octanol–water partition coefficient (Wildman–Crippen LogP) is 5.47. The van der Waals surface area contributed by atoms with E-state index in [1.165, 1.54) is 0 Å². The normalized spacial score (nSPS) is 16.6. The molecule has 1 aliphatic heterocycles. The Hall–Kier alpha value is -1.74. The molecule has 0 amide bonds. The molecule has 1 heterocycles. The fraction of sp³-hybridized carbons (Fsp3) is 0.348. The second kappa shape index (κ2) is 11.0. The van der Waals surface area contributed by atoms with E-state index < -0.39 is 0 Å². The summed E-state index contributed by atoms with van der Waals surface area (Å²) >= 11 is 18.1. The van der Waals surface area contributed by atoms with E-state index in [4.69, 9.17) is 44.3 Å². The number of carbonyl (C=O) groups excluding carboxylic acids is 1. The van der Waals surface area contributed by atoms with Crippen molar-refractivity contribution in [2.24, 2.45) is 0 Å². The molecule has 1 atom stereocenters. The Kier molecular flexibility index (Phi) is 8.44. The molecule has 0 radical (unpaired) electrons. The third kappa shape index (κ3) is 6.38. The lowest BCUT2D eigenvalue weighted by molar-refractivity contribution is -0.112. The van der Waals surface area contributed by atoms with Gasteiger partial charge in [-0.05, 0) is 48.4 Å². The maximum absolute atomic E-state index is 11.0. The highest BCUT2D eigenvalue weighted by Gasteiger charge is 2.22. The summed E-state index contributed by atoms with van der Waals surface area (Å²) in [5.41, 5.74) is 2.56. The molecule has 0 saturated carbocycles. The average Bonchev–Trinajstić information content (AvgIpc) is 2.72. The zero-order valence-electron chi connectivity index (χ0n) is 16.6. The van der Waals surface area contributed by atoms with Crippen LogP contribution in [-0.4, -0.2) is 36.4 Å². The van der Waals surface area contributed by atoms with E-state index in [9.17, 15) is 4.79 Å². The van der Waals surface area contributed by atoms with Gasteiger partial charge >= 0.3 is 0 Å². The first kappa shape index (κ1) is 22.9. The van der Waals surface area contributed by atoms with Crippen LogP contribution in [0.25, 0.3) is 0 Å². The Labute approximate surface area is 192 Å². The van der Waals surface area contributed by atoms with Gasteiger partial charge < -0.3 is 9.47 Å². The van der Waals surface area contributed by atoms with Gasteiger partial charge in [-0.1, -0.05) is 41.3 Å². The molecule has 0 spiro atoms. The predicted molar refractivity (Wildman–Crippen MR) is 120 cm³/mol. The first-order chi connectivity index (χ1) is 14.5. The molecule has 7 heteroatoms.